The molecule has 3 rings (SSSR count). The third-order valence-electron chi connectivity index (χ3n) is 2.96. The highest BCUT2D eigenvalue weighted by Gasteiger charge is 2.05. The average molecular weight is 283 g/mol. The van der Waals surface area contributed by atoms with Crippen LogP contribution in [-0.4, -0.2) is 9.97 Å². The lowest BCUT2D eigenvalue weighted by molar-refractivity contribution is 1.20. The molecule has 0 spiro atoms. The van der Waals surface area contributed by atoms with Crippen molar-refractivity contribution >= 4 is 11.6 Å². The molecule has 4 heteroatoms. The third kappa shape index (κ3) is 2.63. The van der Waals surface area contributed by atoms with E-state index in [1.54, 1.807) is 24.4 Å². The van der Waals surface area contributed by atoms with Crippen molar-refractivity contribution in [2.45, 2.75) is 0 Å². The topological polar surface area (TPSA) is 45.8 Å². The minimum Gasteiger partial charge on any atom is -0.321 e. The third-order valence-corrected chi connectivity index (χ3v) is 3.21. The van der Waals surface area contributed by atoms with Gasteiger partial charge in [0.15, 0.2) is 0 Å². The maximum Gasteiger partial charge on any atom is 0.249 e. The van der Waals surface area contributed by atoms with Crippen LogP contribution >= 0.6 is 11.6 Å². The van der Waals surface area contributed by atoms with Gasteiger partial charge >= 0.3 is 0 Å². The number of aromatic amines is 1. The van der Waals surface area contributed by atoms with E-state index in [2.05, 4.69) is 9.97 Å². The fraction of sp³-hybridized carbons (Fsp3) is 0. The van der Waals surface area contributed by atoms with Gasteiger partial charge in [0.05, 0.1) is 11.4 Å². The first-order chi connectivity index (χ1) is 9.72. The molecular weight excluding hydrogens is 272 g/mol. The molecule has 3 aromatic rings. The number of H-pyrrole nitrogens is 1. The number of pyridine rings is 2. The second-order valence-electron chi connectivity index (χ2n) is 4.37. The molecule has 0 fully saturated rings. The maximum absolute atomic E-state index is 11.8. The van der Waals surface area contributed by atoms with E-state index in [0.29, 0.717) is 10.7 Å². The molecule has 0 aliphatic rings. The first-order valence-electron chi connectivity index (χ1n) is 6.14. The summed E-state index contributed by atoms with van der Waals surface area (Å²) < 4.78 is 0. The van der Waals surface area contributed by atoms with E-state index >= 15 is 0 Å². The summed E-state index contributed by atoms with van der Waals surface area (Å²) in [6.07, 6.45) is 1.70. The van der Waals surface area contributed by atoms with E-state index in [-0.39, 0.29) is 5.56 Å². The summed E-state index contributed by atoms with van der Waals surface area (Å²) in [7, 11) is 0. The number of benzene rings is 1. The number of hydrogen-bond donors (Lipinski definition) is 1. The molecule has 0 saturated heterocycles. The van der Waals surface area contributed by atoms with Crippen LogP contribution in [0.2, 0.25) is 5.02 Å². The van der Waals surface area contributed by atoms with Gasteiger partial charge in [0, 0.05) is 17.3 Å². The van der Waals surface area contributed by atoms with Gasteiger partial charge in [-0.2, -0.15) is 0 Å². The van der Waals surface area contributed by atoms with Crippen LogP contribution in [0.4, 0.5) is 0 Å². The van der Waals surface area contributed by atoms with Crippen LogP contribution in [0.25, 0.3) is 22.5 Å². The summed E-state index contributed by atoms with van der Waals surface area (Å²) in [6, 6.07) is 16.4. The number of nitrogens with zero attached hydrogens (tertiary/aromatic N) is 1. The smallest absolute Gasteiger partial charge is 0.249 e. The number of nitrogens with one attached hydrogen (secondary N) is 1. The van der Waals surface area contributed by atoms with Crippen molar-refractivity contribution in [2.24, 2.45) is 0 Å². The molecule has 0 bridgehead atoms. The van der Waals surface area contributed by atoms with E-state index in [1.165, 1.54) is 0 Å². The summed E-state index contributed by atoms with van der Waals surface area (Å²) in [6.45, 7) is 0. The Kier molecular flexibility index (Phi) is 3.35. The largest absolute Gasteiger partial charge is 0.321 e. The quantitative estimate of drug-likeness (QED) is 0.778. The van der Waals surface area contributed by atoms with Gasteiger partial charge in [-0.25, -0.2) is 0 Å². The fourth-order valence-corrected chi connectivity index (χ4v) is 2.14. The SMILES string of the molecule is O=c1cc(-c2ccc(Cl)cc2)cc(-c2ccccn2)[nH]1. The molecule has 1 N–H and O–H groups in total. The Morgan fingerprint density at radius 3 is 2.45 bits per heavy atom. The van der Waals surface area contributed by atoms with Crippen LogP contribution in [0.15, 0.2) is 65.6 Å². The van der Waals surface area contributed by atoms with Gasteiger partial charge in [-0.1, -0.05) is 29.8 Å². The van der Waals surface area contributed by atoms with E-state index < -0.39 is 0 Å². The van der Waals surface area contributed by atoms with Gasteiger partial charge in [-0.15, -0.1) is 0 Å². The first kappa shape index (κ1) is 12.6. The molecule has 3 nitrogen and oxygen atoms in total. The molecule has 0 atom stereocenters. The average Bonchev–Trinajstić information content (AvgIpc) is 2.48. The zero-order valence-electron chi connectivity index (χ0n) is 10.5. The lowest BCUT2D eigenvalue weighted by atomic mass is 10.1. The first-order valence-corrected chi connectivity index (χ1v) is 6.52. The highest BCUT2D eigenvalue weighted by atomic mass is 35.5. The Hall–Kier alpha value is -2.39. The standard InChI is InChI=1S/C16H11ClN2O/c17-13-6-4-11(5-7-13)12-9-15(19-16(20)10-12)14-3-1-2-8-18-14/h1-10H,(H,19,20). The van der Waals surface area contributed by atoms with Gasteiger partial charge in [0.2, 0.25) is 5.56 Å². The fourth-order valence-electron chi connectivity index (χ4n) is 2.01. The van der Waals surface area contributed by atoms with Gasteiger partial charge in [-0.3, -0.25) is 9.78 Å². The number of aromatic nitrogens is 2. The molecule has 20 heavy (non-hydrogen) atoms. The van der Waals surface area contributed by atoms with Crippen LogP contribution in [0.5, 0.6) is 0 Å². The van der Waals surface area contributed by atoms with E-state index in [0.717, 1.165) is 16.8 Å². The van der Waals surface area contributed by atoms with Crippen molar-refractivity contribution in [2.75, 3.05) is 0 Å². The number of halogens is 1. The zero-order chi connectivity index (χ0) is 13.9. The zero-order valence-corrected chi connectivity index (χ0v) is 11.3. The Morgan fingerprint density at radius 2 is 1.75 bits per heavy atom. The van der Waals surface area contributed by atoms with Crippen molar-refractivity contribution in [1.29, 1.82) is 0 Å². The molecule has 0 unspecified atom stereocenters. The van der Waals surface area contributed by atoms with E-state index in [4.69, 9.17) is 11.6 Å². The molecule has 2 aromatic heterocycles. The normalized spacial score (nSPS) is 10.4. The van der Waals surface area contributed by atoms with Crippen molar-refractivity contribution in [3.8, 4) is 22.5 Å². The van der Waals surface area contributed by atoms with Crippen LogP contribution in [0.3, 0.4) is 0 Å². The molecule has 0 amide bonds. The predicted molar refractivity (Wildman–Crippen MR) is 80.7 cm³/mol. The summed E-state index contributed by atoms with van der Waals surface area (Å²) in [5.41, 5.74) is 3.06. The monoisotopic (exact) mass is 282 g/mol. The van der Waals surface area contributed by atoms with Crippen LogP contribution in [-0.2, 0) is 0 Å². The van der Waals surface area contributed by atoms with Gasteiger partial charge in [0.25, 0.3) is 0 Å². The van der Waals surface area contributed by atoms with Crippen LogP contribution in [0.1, 0.15) is 0 Å². The molecule has 0 radical (unpaired) electrons. The van der Waals surface area contributed by atoms with Crippen molar-refractivity contribution in [1.82, 2.24) is 9.97 Å². The number of hydrogen-bond acceptors (Lipinski definition) is 2. The van der Waals surface area contributed by atoms with Crippen molar-refractivity contribution in [3.63, 3.8) is 0 Å². The molecule has 0 aliphatic carbocycles. The maximum atomic E-state index is 11.8. The molecule has 2 heterocycles. The summed E-state index contributed by atoms with van der Waals surface area (Å²) in [5, 5.41) is 0.670. The van der Waals surface area contributed by atoms with Crippen LogP contribution < -0.4 is 5.56 Å². The predicted octanol–water partition coefficient (Wildman–Crippen LogP) is 3.76. The highest BCUT2D eigenvalue weighted by molar-refractivity contribution is 6.30. The summed E-state index contributed by atoms with van der Waals surface area (Å²) in [4.78, 5) is 18.9. The molecule has 0 saturated carbocycles. The van der Waals surface area contributed by atoms with Gasteiger partial charge in [0.1, 0.15) is 0 Å². The molecular formula is C16H11ClN2O. The summed E-state index contributed by atoms with van der Waals surface area (Å²) in [5.74, 6) is 0. The van der Waals surface area contributed by atoms with Crippen molar-refractivity contribution < 1.29 is 0 Å². The number of rotatable bonds is 2. The van der Waals surface area contributed by atoms with Gasteiger partial charge in [-0.05, 0) is 41.5 Å². The van der Waals surface area contributed by atoms with E-state index in [9.17, 15) is 4.79 Å². The minimum atomic E-state index is -0.155. The Labute approximate surface area is 120 Å². The Bertz CT molecular complexity index is 780. The lowest BCUT2D eigenvalue weighted by Crippen LogP contribution is -2.06. The second-order valence-corrected chi connectivity index (χ2v) is 4.81. The summed E-state index contributed by atoms with van der Waals surface area (Å²) >= 11 is 5.88. The molecule has 1 aromatic carbocycles. The van der Waals surface area contributed by atoms with Crippen molar-refractivity contribution in [3.05, 3.63) is 76.2 Å². The Morgan fingerprint density at radius 1 is 0.950 bits per heavy atom. The second kappa shape index (κ2) is 5.31. The molecule has 0 aliphatic heterocycles. The van der Waals surface area contributed by atoms with Gasteiger partial charge < -0.3 is 4.98 Å². The molecule has 98 valence electrons. The highest BCUT2D eigenvalue weighted by Crippen LogP contribution is 2.23. The van der Waals surface area contributed by atoms with E-state index in [1.807, 2.05) is 36.4 Å². The van der Waals surface area contributed by atoms with Crippen LogP contribution in [0, 0.1) is 0 Å². The minimum absolute atomic E-state index is 0.155. The lowest BCUT2D eigenvalue weighted by Gasteiger charge is -2.05. The Balaban J connectivity index is 2.12.